The van der Waals surface area contributed by atoms with E-state index in [9.17, 15) is 0 Å². The molecule has 1 aromatic rings. The highest BCUT2D eigenvalue weighted by Gasteiger charge is 2.08. The second-order valence-electron chi connectivity index (χ2n) is 2.72. The minimum atomic E-state index is 0.798. The predicted molar refractivity (Wildman–Crippen MR) is 52.5 cm³/mol. The smallest absolute Gasteiger partial charge is 0.0720 e. The minimum absolute atomic E-state index is 0.798. The summed E-state index contributed by atoms with van der Waals surface area (Å²) in [5.74, 6) is 0. The van der Waals surface area contributed by atoms with Gasteiger partial charge in [0.2, 0.25) is 0 Å². The number of ether oxygens (including phenoxy) is 1. The first-order valence-electron chi connectivity index (χ1n) is 3.71. The molecule has 0 unspecified atom stereocenters. The standard InChI is InChI=1S/C9H9IO/c10-9-2-1-7-3-4-11-6-8(7)5-9/h1-2,5H,3-4,6H2. The second-order valence-corrected chi connectivity index (χ2v) is 3.96. The van der Waals surface area contributed by atoms with Gasteiger partial charge in [0.05, 0.1) is 13.2 Å². The van der Waals surface area contributed by atoms with Crippen molar-refractivity contribution in [1.29, 1.82) is 0 Å². The molecule has 0 N–H and O–H groups in total. The molecule has 2 rings (SSSR count). The van der Waals surface area contributed by atoms with Crippen molar-refractivity contribution in [2.45, 2.75) is 13.0 Å². The van der Waals surface area contributed by atoms with E-state index in [1.807, 2.05) is 0 Å². The summed E-state index contributed by atoms with van der Waals surface area (Å²) in [5.41, 5.74) is 2.82. The van der Waals surface area contributed by atoms with Crippen LogP contribution in [0.2, 0.25) is 0 Å². The van der Waals surface area contributed by atoms with Gasteiger partial charge in [-0.3, -0.25) is 0 Å². The third-order valence-electron chi connectivity index (χ3n) is 1.94. The molecule has 0 saturated heterocycles. The maximum atomic E-state index is 5.35. The monoisotopic (exact) mass is 260 g/mol. The van der Waals surface area contributed by atoms with Crippen molar-refractivity contribution >= 4 is 22.6 Å². The van der Waals surface area contributed by atoms with Crippen LogP contribution in [0.4, 0.5) is 0 Å². The van der Waals surface area contributed by atoms with Gasteiger partial charge in [0, 0.05) is 3.57 Å². The van der Waals surface area contributed by atoms with Crippen molar-refractivity contribution in [3.8, 4) is 0 Å². The summed E-state index contributed by atoms with van der Waals surface area (Å²) in [6.07, 6.45) is 1.08. The van der Waals surface area contributed by atoms with Crippen molar-refractivity contribution in [3.05, 3.63) is 32.9 Å². The van der Waals surface area contributed by atoms with Gasteiger partial charge in [0.1, 0.15) is 0 Å². The maximum absolute atomic E-state index is 5.35. The summed E-state index contributed by atoms with van der Waals surface area (Å²) in [4.78, 5) is 0. The van der Waals surface area contributed by atoms with Crippen molar-refractivity contribution in [3.63, 3.8) is 0 Å². The van der Waals surface area contributed by atoms with E-state index in [0.29, 0.717) is 0 Å². The Balaban J connectivity index is 2.43. The van der Waals surface area contributed by atoms with Crippen LogP contribution >= 0.6 is 22.6 Å². The molecular weight excluding hydrogens is 251 g/mol. The van der Waals surface area contributed by atoms with E-state index in [1.165, 1.54) is 14.7 Å². The Labute approximate surface area is 79.9 Å². The average molecular weight is 260 g/mol. The number of hydrogen-bond acceptors (Lipinski definition) is 1. The lowest BCUT2D eigenvalue weighted by Crippen LogP contribution is -2.09. The topological polar surface area (TPSA) is 9.23 Å². The van der Waals surface area contributed by atoms with Crippen LogP contribution < -0.4 is 0 Å². The zero-order valence-corrected chi connectivity index (χ0v) is 8.30. The molecule has 0 aliphatic carbocycles. The SMILES string of the molecule is Ic1ccc2c(c1)COCC2. The van der Waals surface area contributed by atoms with Gasteiger partial charge in [-0.1, -0.05) is 6.07 Å². The van der Waals surface area contributed by atoms with Gasteiger partial charge in [-0.15, -0.1) is 0 Å². The molecule has 0 amide bonds. The molecule has 11 heavy (non-hydrogen) atoms. The van der Waals surface area contributed by atoms with E-state index in [2.05, 4.69) is 40.8 Å². The molecule has 0 fully saturated rings. The molecule has 0 bridgehead atoms. The lowest BCUT2D eigenvalue weighted by molar-refractivity contribution is 0.110. The molecule has 1 aliphatic rings. The Hall–Kier alpha value is -0.0900. The Morgan fingerprint density at radius 1 is 1.27 bits per heavy atom. The van der Waals surface area contributed by atoms with Crippen LogP contribution in [0, 0.1) is 3.57 Å². The highest BCUT2D eigenvalue weighted by atomic mass is 127. The normalized spacial score (nSPS) is 16.1. The van der Waals surface area contributed by atoms with Crippen LogP contribution in [0.15, 0.2) is 18.2 Å². The summed E-state index contributed by atoms with van der Waals surface area (Å²) in [7, 11) is 0. The van der Waals surface area contributed by atoms with Crippen LogP contribution in [-0.4, -0.2) is 6.61 Å². The number of hydrogen-bond donors (Lipinski definition) is 0. The molecule has 1 heterocycles. The fraction of sp³-hybridized carbons (Fsp3) is 0.333. The molecule has 1 aromatic carbocycles. The molecule has 0 aromatic heterocycles. The van der Waals surface area contributed by atoms with E-state index in [0.717, 1.165) is 19.6 Å². The Kier molecular flexibility index (Phi) is 2.13. The quantitative estimate of drug-likeness (QED) is 0.651. The third kappa shape index (κ3) is 1.56. The van der Waals surface area contributed by atoms with Crippen molar-refractivity contribution in [2.75, 3.05) is 6.61 Å². The molecule has 0 radical (unpaired) electrons. The fourth-order valence-corrected chi connectivity index (χ4v) is 1.89. The first-order valence-corrected chi connectivity index (χ1v) is 4.79. The summed E-state index contributed by atoms with van der Waals surface area (Å²) in [6.45, 7) is 1.68. The first kappa shape index (κ1) is 7.55. The second kappa shape index (κ2) is 3.11. The van der Waals surface area contributed by atoms with Gasteiger partial charge in [-0.2, -0.15) is 0 Å². The fourth-order valence-electron chi connectivity index (χ4n) is 1.34. The molecule has 1 aliphatic heterocycles. The van der Waals surface area contributed by atoms with Gasteiger partial charge in [0.25, 0.3) is 0 Å². The predicted octanol–water partition coefficient (Wildman–Crippen LogP) is 2.36. The van der Waals surface area contributed by atoms with Crippen molar-refractivity contribution in [2.24, 2.45) is 0 Å². The molecule has 2 heteroatoms. The Bertz CT molecular complexity index is 270. The number of rotatable bonds is 0. The molecule has 58 valence electrons. The minimum Gasteiger partial charge on any atom is -0.376 e. The van der Waals surface area contributed by atoms with E-state index in [4.69, 9.17) is 4.74 Å². The summed E-state index contributed by atoms with van der Waals surface area (Å²) >= 11 is 2.33. The highest BCUT2D eigenvalue weighted by molar-refractivity contribution is 14.1. The van der Waals surface area contributed by atoms with Crippen molar-refractivity contribution < 1.29 is 4.74 Å². The zero-order valence-electron chi connectivity index (χ0n) is 6.14. The number of halogens is 1. The molecular formula is C9H9IO. The van der Waals surface area contributed by atoms with E-state index < -0.39 is 0 Å². The Morgan fingerprint density at radius 2 is 2.18 bits per heavy atom. The van der Waals surface area contributed by atoms with Crippen LogP contribution in [0.3, 0.4) is 0 Å². The maximum Gasteiger partial charge on any atom is 0.0720 e. The number of benzene rings is 1. The van der Waals surface area contributed by atoms with E-state index in [-0.39, 0.29) is 0 Å². The Morgan fingerprint density at radius 3 is 3.09 bits per heavy atom. The number of fused-ring (bicyclic) bond motifs is 1. The lowest BCUT2D eigenvalue weighted by atomic mass is 10.0. The third-order valence-corrected chi connectivity index (χ3v) is 2.61. The summed E-state index contributed by atoms with van der Waals surface area (Å²) < 4.78 is 6.65. The van der Waals surface area contributed by atoms with Crippen LogP contribution in [0.25, 0.3) is 0 Å². The highest BCUT2D eigenvalue weighted by Crippen LogP contribution is 2.18. The zero-order chi connectivity index (χ0) is 7.68. The van der Waals surface area contributed by atoms with Gasteiger partial charge >= 0.3 is 0 Å². The van der Waals surface area contributed by atoms with Gasteiger partial charge in [-0.05, 0) is 52.3 Å². The molecule has 0 spiro atoms. The summed E-state index contributed by atoms with van der Waals surface area (Å²) in [5, 5.41) is 0. The average Bonchev–Trinajstić information content (AvgIpc) is 2.04. The van der Waals surface area contributed by atoms with Crippen LogP contribution in [0.1, 0.15) is 11.1 Å². The lowest BCUT2D eigenvalue weighted by Gasteiger charge is -2.15. The van der Waals surface area contributed by atoms with Crippen LogP contribution in [-0.2, 0) is 17.8 Å². The van der Waals surface area contributed by atoms with Crippen molar-refractivity contribution in [1.82, 2.24) is 0 Å². The molecule has 0 atom stereocenters. The molecule has 0 saturated carbocycles. The van der Waals surface area contributed by atoms with Gasteiger partial charge < -0.3 is 4.74 Å². The largest absolute Gasteiger partial charge is 0.376 e. The summed E-state index contributed by atoms with van der Waals surface area (Å²) in [6, 6.07) is 6.57. The van der Waals surface area contributed by atoms with E-state index in [1.54, 1.807) is 0 Å². The van der Waals surface area contributed by atoms with Gasteiger partial charge in [0.15, 0.2) is 0 Å². The van der Waals surface area contributed by atoms with Crippen LogP contribution in [0.5, 0.6) is 0 Å². The van der Waals surface area contributed by atoms with E-state index >= 15 is 0 Å². The van der Waals surface area contributed by atoms with Gasteiger partial charge in [-0.25, -0.2) is 0 Å². The molecule has 1 nitrogen and oxygen atoms in total. The first-order chi connectivity index (χ1) is 5.36.